The van der Waals surface area contributed by atoms with E-state index in [1.807, 2.05) is 11.3 Å². The Morgan fingerprint density at radius 2 is 2.47 bits per heavy atom. The number of allylic oxidation sites excluding steroid dienone is 1. The Kier molecular flexibility index (Phi) is 2.63. The lowest BCUT2D eigenvalue weighted by atomic mass is 9.71. The molecule has 0 radical (unpaired) electrons. The quantitative estimate of drug-likeness (QED) is 0.768. The molecular weight excluding hydrogens is 202 g/mol. The van der Waals surface area contributed by atoms with Gasteiger partial charge in [0.2, 0.25) is 0 Å². The Bertz CT molecular complexity index is 341. The predicted molar refractivity (Wildman–Crippen MR) is 65.2 cm³/mol. The molecule has 1 fully saturated rings. The highest BCUT2D eigenvalue weighted by Crippen LogP contribution is 2.42. The van der Waals surface area contributed by atoms with Crippen molar-refractivity contribution in [2.24, 2.45) is 11.8 Å². The smallest absolute Gasteiger partial charge is 0.0136 e. The van der Waals surface area contributed by atoms with E-state index in [0.717, 1.165) is 24.4 Å². The summed E-state index contributed by atoms with van der Waals surface area (Å²) in [5, 5.41) is 5.85. The van der Waals surface area contributed by atoms with Crippen LogP contribution in [0, 0.1) is 11.8 Å². The van der Waals surface area contributed by atoms with Crippen molar-refractivity contribution >= 4 is 11.3 Å². The number of thiophene rings is 1. The van der Waals surface area contributed by atoms with E-state index in [0.29, 0.717) is 0 Å². The molecule has 2 heteroatoms. The normalized spacial score (nSPS) is 32.7. The maximum atomic E-state index is 3.68. The lowest BCUT2D eigenvalue weighted by Crippen LogP contribution is -2.48. The van der Waals surface area contributed by atoms with Gasteiger partial charge in [-0.05, 0) is 42.5 Å². The Labute approximate surface area is 95.2 Å². The second-order valence-corrected chi connectivity index (χ2v) is 5.66. The van der Waals surface area contributed by atoms with Crippen LogP contribution in [-0.4, -0.2) is 12.6 Å². The van der Waals surface area contributed by atoms with E-state index < -0.39 is 0 Å². The largest absolute Gasteiger partial charge is 0.313 e. The first-order valence-electron chi connectivity index (χ1n) is 5.86. The van der Waals surface area contributed by atoms with Gasteiger partial charge < -0.3 is 5.32 Å². The molecule has 1 N–H and O–H groups in total. The average molecular weight is 219 g/mol. The minimum absolute atomic E-state index is 0.772. The number of hydrogen-bond acceptors (Lipinski definition) is 2. The van der Waals surface area contributed by atoms with Crippen molar-refractivity contribution in [1.82, 2.24) is 5.32 Å². The lowest BCUT2D eigenvalue weighted by Gasteiger charge is -2.40. The average Bonchev–Trinajstić information content (AvgIpc) is 2.82. The second-order valence-electron chi connectivity index (χ2n) is 4.63. The summed E-state index contributed by atoms with van der Waals surface area (Å²) in [4.78, 5) is 1.50. The Balaban J connectivity index is 1.42. The van der Waals surface area contributed by atoms with Crippen molar-refractivity contribution in [2.45, 2.75) is 25.3 Å². The Hall–Kier alpha value is -0.600. The maximum absolute atomic E-state index is 3.68. The number of fused-ring (bicyclic) bond motifs is 1. The van der Waals surface area contributed by atoms with Gasteiger partial charge in [0.1, 0.15) is 0 Å². The summed E-state index contributed by atoms with van der Waals surface area (Å²) in [5.74, 6) is 1.83. The first kappa shape index (κ1) is 9.61. The molecule has 80 valence electrons. The Morgan fingerprint density at radius 1 is 1.47 bits per heavy atom. The molecular formula is C13H17NS. The molecule has 0 spiro atoms. The van der Waals surface area contributed by atoms with Crippen LogP contribution in [0.1, 0.15) is 17.7 Å². The molecule has 0 saturated heterocycles. The third-order valence-electron chi connectivity index (χ3n) is 3.72. The van der Waals surface area contributed by atoms with Gasteiger partial charge in [-0.1, -0.05) is 18.2 Å². The summed E-state index contributed by atoms with van der Waals surface area (Å²) in [6, 6.07) is 5.14. The van der Waals surface area contributed by atoms with Crippen LogP contribution in [0.25, 0.3) is 0 Å². The summed E-state index contributed by atoms with van der Waals surface area (Å²) >= 11 is 1.87. The van der Waals surface area contributed by atoms with Crippen molar-refractivity contribution < 1.29 is 0 Å². The highest BCUT2D eigenvalue weighted by Gasteiger charge is 2.40. The zero-order chi connectivity index (χ0) is 10.1. The summed E-state index contributed by atoms with van der Waals surface area (Å²) in [6.45, 7) is 1.14. The molecule has 1 saturated carbocycles. The molecule has 3 atom stereocenters. The molecule has 1 aromatic heterocycles. The van der Waals surface area contributed by atoms with Gasteiger partial charge in [-0.15, -0.1) is 11.3 Å². The SMILES string of the molecule is C1=CC2C(C1)CC2NCCc1cccs1. The van der Waals surface area contributed by atoms with Crippen LogP contribution >= 0.6 is 11.3 Å². The molecule has 1 heterocycles. The predicted octanol–water partition coefficient (Wildman–Crippen LogP) is 2.84. The number of nitrogens with one attached hydrogen (secondary N) is 1. The van der Waals surface area contributed by atoms with E-state index >= 15 is 0 Å². The van der Waals surface area contributed by atoms with Gasteiger partial charge in [0.05, 0.1) is 0 Å². The molecule has 1 nitrogen and oxygen atoms in total. The third kappa shape index (κ3) is 1.88. The van der Waals surface area contributed by atoms with Crippen molar-refractivity contribution in [3.8, 4) is 0 Å². The molecule has 0 aliphatic heterocycles. The van der Waals surface area contributed by atoms with E-state index in [-0.39, 0.29) is 0 Å². The van der Waals surface area contributed by atoms with Crippen molar-refractivity contribution in [3.63, 3.8) is 0 Å². The van der Waals surface area contributed by atoms with Gasteiger partial charge in [-0.3, -0.25) is 0 Å². The van der Waals surface area contributed by atoms with Crippen LogP contribution in [-0.2, 0) is 6.42 Å². The zero-order valence-electron chi connectivity index (χ0n) is 8.86. The van der Waals surface area contributed by atoms with Gasteiger partial charge in [0.15, 0.2) is 0 Å². The topological polar surface area (TPSA) is 12.0 Å². The fraction of sp³-hybridized carbons (Fsp3) is 0.538. The number of hydrogen-bond donors (Lipinski definition) is 1. The van der Waals surface area contributed by atoms with Crippen LogP contribution in [0.4, 0.5) is 0 Å². The molecule has 2 aliphatic rings. The highest BCUT2D eigenvalue weighted by molar-refractivity contribution is 7.09. The lowest BCUT2D eigenvalue weighted by molar-refractivity contribution is 0.164. The molecule has 0 aromatic carbocycles. The van der Waals surface area contributed by atoms with E-state index in [1.54, 1.807) is 0 Å². The number of rotatable bonds is 4. The molecule has 0 bridgehead atoms. The van der Waals surface area contributed by atoms with E-state index in [2.05, 4.69) is 35.0 Å². The zero-order valence-corrected chi connectivity index (χ0v) is 9.67. The van der Waals surface area contributed by atoms with E-state index in [9.17, 15) is 0 Å². The summed E-state index contributed by atoms with van der Waals surface area (Å²) in [6.07, 6.45) is 8.68. The van der Waals surface area contributed by atoms with Crippen LogP contribution in [0.15, 0.2) is 29.7 Å². The molecule has 2 aliphatic carbocycles. The fourth-order valence-corrected chi connectivity index (χ4v) is 3.49. The molecule has 3 rings (SSSR count). The molecule has 1 aromatic rings. The molecule has 0 amide bonds. The van der Waals surface area contributed by atoms with Crippen LogP contribution in [0.3, 0.4) is 0 Å². The van der Waals surface area contributed by atoms with Gasteiger partial charge >= 0.3 is 0 Å². The van der Waals surface area contributed by atoms with Gasteiger partial charge in [0, 0.05) is 17.5 Å². The third-order valence-corrected chi connectivity index (χ3v) is 4.66. The van der Waals surface area contributed by atoms with E-state index in [4.69, 9.17) is 0 Å². The van der Waals surface area contributed by atoms with Crippen LogP contribution < -0.4 is 5.32 Å². The fourth-order valence-electron chi connectivity index (χ4n) is 2.78. The molecule has 15 heavy (non-hydrogen) atoms. The first-order valence-corrected chi connectivity index (χ1v) is 6.74. The highest BCUT2D eigenvalue weighted by atomic mass is 32.1. The first-order chi connectivity index (χ1) is 7.43. The Morgan fingerprint density at radius 3 is 3.27 bits per heavy atom. The van der Waals surface area contributed by atoms with Crippen molar-refractivity contribution in [1.29, 1.82) is 0 Å². The van der Waals surface area contributed by atoms with Gasteiger partial charge in [-0.2, -0.15) is 0 Å². The minimum Gasteiger partial charge on any atom is -0.313 e. The van der Waals surface area contributed by atoms with Crippen molar-refractivity contribution in [2.75, 3.05) is 6.54 Å². The summed E-state index contributed by atoms with van der Waals surface area (Å²) < 4.78 is 0. The van der Waals surface area contributed by atoms with Gasteiger partial charge in [0.25, 0.3) is 0 Å². The summed E-state index contributed by atoms with van der Waals surface area (Å²) in [7, 11) is 0. The standard InChI is InChI=1S/C13H17NS/c1-3-10-9-13(12(10)5-1)14-7-6-11-4-2-8-15-11/h1-2,4-5,8,10,12-14H,3,6-7,9H2. The van der Waals surface area contributed by atoms with Gasteiger partial charge in [-0.25, -0.2) is 0 Å². The van der Waals surface area contributed by atoms with Crippen molar-refractivity contribution in [3.05, 3.63) is 34.5 Å². The minimum atomic E-state index is 0.772. The summed E-state index contributed by atoms with van der Waals surface area (Å²) in [5.41, 5.74) is 0. The maximum Gasteiger partial charge on any atom is 0.0136 e. The van der Waals surface area contributed by atoms with Crippen LogP contribution in [0.2, 0.25) is 0 Å². The molecule has 3 unspecified atom stereocenters. The second kappa shape index (κ2) is 4.11. The van der Waals surface area contributed by atoms with Crippen LogP contribution in [0.5, 0.6) is 0 Å². The monoisotopic (exact) mass is 219 g/mol. The van der Waals surface area contributed by atoms with E-state index in [1.165, 1.54) is 24.1 Å².